The summed E-state index contributed by atoms with van der Waals surface area (Å²) in [5.74, 6) is 0.501. The lowest BCUT2D eigenvalue weighted by Gasteiger charge is -2.32. The maximum absolute atomic E-state index is 13.1. The Kier molecular flexibility index (Phi) is 5.39. The van der Waals surface area contributed by atoms with Crippen molar-refractivity contribution in [2.45, 2.75) is 45.6 Å². The van der Waals surface area contributed by atoms with Crippen LogP contribution in [0.2, 0.25) is 0 Å². The summed E-state index contributed by atoms with van der Waals surface area (Å²) in [6, 6.07) is 6.01. The number of likely N-dealkylation sites (tertiary alicyclic amines) is 1. The second-order valence-electron chi connectivity index (χ2n) is 10.2. The van der Waals surface area contributed by atoms with Crippen LogP contribution in [0, 0.1) is 5.92 Å². The number of amides is 1. The summed E-state index contributed by atoms with van der Waals surface area (Å²) in [6.07, 6.45) is 13.1. The van der Waals surface area contributed by atoms with Crippen LogP contribution in [0.1, 0.15) is 44.6 Å². The van der Waals surface area contributed by atoms with Gasteiger partial charge in [0.15, 0.2) is 5.65 Å². The Morgan fingerprint density at radius 1 is 1.11 bits per heavy atom. The summed E-state index contributed by atoms with van der Waals surface area (Å²) in [4.78, 5) is 30.4. The van der Waals surface area contributed by atoms with Crippen molar-refractivity contribution in [2.75, 3.05) is 24.5 Å². The number of aromatic nitrogens is 4. The third-order valence-electron chi connectivity index (χ3n) is 7.59. The van der Waals surface area contributed by atoms with E-state index < -0.39 is 0 Å². The van der Waals surface area contributed by atoms with Crippen LogP contribution in [0.15, 0.2) is 64.5 Å². The first kappa shape index (κ1) is 21.9. The van der Waals surface area contributed by atoms with E-state index in [1.165, 1.54) is 22.4 Å². The highest BCUT2D eigenvalue weighted by atomic mass is 16.2. The maximum Gasteiger partial charge on any atom is 0.350 e. The number of pyridine rings is 1. The normalized spacial score (nSPS) is 20.5. The van der Waals surface area contributed by atoms with E-state index >= 15 is 0 Å². The number of piperidine rings is 1. The van der Waals surface area contributed by atoms with E-state index in [9.17, 15) is 9.59 Å². The number of nitrogens with zero attached hydrogens (tertiary/aromatic N) is 6. The lowest BCUT2D eigenvalue weighted by molar-refractivity contribution is -0.128. The monoisotopic (exact) mass is 472 g/mol. The SMILES string of the molecule is CC1CC(C(=O)N2CCCCC2)=CC2=C1N(c1ccn3c(=O)n(Cc4ccn(C)c4)nc3c1)CC2. The van der Waals surface area contributed by atoms with E-state index in [1.807, 2.05) is 53.3 Å². The van der Waals surface area contributed by atoms with Crippen molar-refractivity contribution in [3.63, 3.8) is 0 Å². The van der Waals surface area contributed by atoms with Gasteiger partial charge in [-0.3, -0.25) is 9.20 Å². The number of allylic oxidation sites excluding steroid dienone is 2. The first-order valence-corrected chi connectivity index (χ1v) is 12.7. The van der Waals surface area contributed by atoms with E-state index in [4.69, 9.17) is 0 Å². The van der Waals surface area contributed by atoms with Crippen LogP contribution < -0.4 is 10.6 Å². The fraction of sp³-hybridized carbons (Fsp3) is 0.444. The Hall–Kier alpha value is -3.55. The smallest absolute Gasteiger partial charge is 0.350 e. The molecule has 0 aromatic carbocycles. The van der Waals surface area contributed by atoms with Crippen LogP contribution in [0.25, 0.3) is 5.65 Å². The number of carbonyl (C=O) groups is 1. The summed E-state index contributed by atoms with van der Waals surface area (Å²) in [6.45, 7) is 5.33. The fourth-order valence-electron chi connectivity index (χ4n) is 5.90. The third kappa shape index (κ3) is 3.90. The number of rotatable bonds is 4. The zero-order valence-corrected chi connectivity index (χ0v) is 20.5. The molecule has 3 aromatic heterocycles. The average molecular weight is 473 g/mol. The van der Waals surface area contributed by atoms with Gasteiger partial charge in [-0.05, 0) is 61.4 Å². The van der Waals surface area contributed by atoms with Crippen molar-refractivity contribution in [1.82, 2.24) is 23.6 Å². The van der Waals surface area contributed by atoms with Crippen LogP contribution in [-0.2, 0) is 18.4 Å². The molecule has 3 aromatic rings. The Bertz CT molecular complexity index is 1410. The summed E-state index contributed by atoms with van der Waals surface area (Å²) in [7, 11) is 1.97. The molecule has 0 radical (unpaired) electrons. The van der Waals surface area contributed by atoms with Gasteiger partial charge in [0.1, 0.15) is 0 Å². The molecule has 1 fully saturated rings. The quantitative estimate of drug-likeness (QED) is 0.584. The van der Waals surface area contributed by atoms with Gasteiger partial charge in [0.2, 0.25) is 5.91 Å². The topological polar surface area (TPSA) is 67.8 Å². The van der Waals surface area contributed by atoms with Crippen LogP contribution in [0.5, 0.6) is 0 Å². The van der Waals surface area contributed by atoms with Gasteiger partial charge < -0.3 is 14.4 Å². The maximum atomic E-state index is 13.1. The highest BCUT2D eigenvalue weighted by Gasteiger charge is 2.33. The number of hydrogen-bond acceptors (Lipinski definition) is 4. The Morgan fingerprint density at radius 2 is 1.94 bits per heavy atom. The summed E-state index contributed by atoms with van der Waals surface area (Å²) < 4.78 is 5.10. The van der Waals surface area contributed by atoms with Gasteiger partial charge in [-0.1, -0.05) is 6.92 Å². The van der Waals surface area contributed by atoms with Gasteiger partial charge >= 0.3 is 5.69 Å². The third-order valence-corrected chi connectivity index (χ3v) is 7.59. The molecule has 0 spiro atoms. The van der Waals surface area contributed by atoms with Gasteiger partial charge in [-0.15, -0.1) is 5.10 Å². The van der Waals surface area contributed by atoms with Gasteiger partial charge in [0.05, 0.1) is 6.54 Å². The molecular formula is C27H32N6O2. The second kappa shape index (κ2) is 8.59. The van der Waals surface area contributed by atoms with Crippen LogP contribution >= 0.6 is 0 Å². The van der Waals surface area contributed by atoms with E-state index in [1.54, 1.807) is 4.40 Å². The van der Waals surface area contributed by atoms with Crippen LogP contribution in [0.4, 0.5) is 5.69 Å². The first-order valence-electron chi connectivity index (χ1n) is 12.7. The predicted molar refractivity (Wildman–Crippen MR) is 135 cm³/mol. The van der Waals surface area contributed by atoms with Crippen molar-refractivity contribution in [1.29, 1.82) is 0 Å². The minimum atomic E-state index is -0.133. The second-order valence-corrected chi connectivity index (χ2v) is 10.2. The molecule has 1 aliphatic carbocycles. The number of carbonyl (C=O) groups excluding carboxylic acids is 1. The molecule has 1 atom stereocenters. The number of anilines is 1. The van der Waals surface area contributed by atoms with Gasteiger partial charge in [0, 0.05) is 74.2 Å². The standard InChI is InChI=1S/C27H32N6O2/c1-19-14-22(26(34)30-9-4-3-5-10-30)15-21-7-12-31(25(19)21)23-8-13-32-24(16-23)28-33(27(32)35)18-20-6-11-29(2)17-20/h6,8,11,13,15-17,19H,3-5,7,9-10,12,14,18H2,1-2H3. The molecule has 0 saturated carbocycles. The molecule has 0 bridgehead atoms. The molecule has 6 rings (SSSR count). The van der Waals surface area contributed by atoms with E-state index in [-0.39, 0.29) is 17.5 Å². The molecule has 8 nitrogen and oxygen atoms in total. The lowest BCUT2D eigenvalue weighted by Crippen LogP contribution is -2.37. The summed E-state index contributed by atoms with van der Waals surface area (Å²) in [5, 5.41) is 4.61. The van der Waals surface area contributed by atoms with E-state index in [0.29, 0.717) is 12.2 Å². The van der Waals surface area contributed by atoms with Gasteiger partial charge in [0.25, 0.3) is 0 Å². The molecule has 8 heteroatoms. The molecule has 35 heavy (non-hydrogen) atoms. The molecule has 3 aliphatic rings. The van der Waals surface area contributed by atoms with Crippen molar-refractivity contribution in [3.05, 3.63) is 75.8 Å². The zero-order chi connectivity index (χ0) is 24.1. The van der Waals surface area contributed by atoms with Crippen molar-refractivity contribution < 1.29 is 4.79 Å². The average Bonchev–Trinajstić information content (AvgIpc) is 3.56. The molecule has 0 N–H and O–H groups in total. The molecule has 2 aliphatic heterocycles. The van der Waals surface area contributed by atoms with Crippen molar-refractivity contribution in [3.8, 4) is 0 Å². The highest BCUT2D eigenvalue weighted by molar-refractivity contribution is 5.94. The molecule has 182 valence electrons. The van der Waals surface area contributed by atoms with E-state index in [0.717, 1.165) is 62.1 Å². The Balaban J connectivity index is 1.28. The number of fused-ring (bicyclic) bond motifs is 1. The zero-order valence-electron chi connectivity index (χ0n) is 20.5. The van der Waals surface area contributed by atoms with Crippen LogP contribution in [-0.4, -0.2) is 49.2 Å². The van der Waals surface area contributed by atoms with E-state index in [2.05, 4.69) is 23.0 Å². The molecule has 1 amide bonds. The summed E-state index contributed by atoms with van der Waals surface area (Å²) in [5.41, 5.74) is 6.15. The van der Waals surface area contributed by atoms with Crippen molar-refractivity contribution in [2.24, 2.45) is 13.0 Å². The fourth-order valence-corrected chi connectivity index (χ4v) is 5.90. The molecule has 5 heterocycles. The number of aryl methyl sites for hydroxylation is 1. The molecule has 1 unspecified atom stereocenters. The van der Waals surface area contributed by atoms with Crippen LogP contribution in [0.3, 0.4) is 0 Å². The Morgan fingerprint density at radius 3 is 2.71 bits per heavy atom. The predicted octanol–water partition coefficient (Wildman–Crippen LogP) is 3.33. The first-order chi connectivity index (χ1) is 17.0. The van der Waals surface area contributed by atoms with Gasteiger partial charge in [-0.25, -0.2) is 9.48 Å². The van der Waals surface area contributed by atoms with Gasteiger partial charge in [-0.2, -0.15) is 0 Å². The Labute approximate surface area is 204 Å². The number of hydrogen-bond donors (Lipinski definition) is 0. The molecular weight excluding hydrogens is 440 g/mol. The highest BCUT2D eigenvalue weighted by Crippen LogP contribution is 2.40. The largest absolute Gasteiger partial charge is 0.357 e. The van der Waals surface area contributed by atoms with Crippen molar-refractivity contribution >= 4 is 17.2 Å². The molecule has 1 saturated heterocycles. The minimum Gasteiger partial charge on any atom is -0.357 e. The summed E-state index contributed by atoms with van der Waals surface area (Å²) >= 11 is 0. The lowest BCUT2D eigenvalue weighted by atomic mass is 9.87. The minimum absolute atomic E-state index is 0.133.